The van der Waals surface area contributed by atoms with Gasteiger partial charge in [-0.1, -0.05) is 18.2 Å². The minimum absolute atomic E-state index is 0.00816. The minimum Gasteiger partial charge on any atom is -0.346 e. The Morgan fingerprint density at radius 3 is 2.67 bits per heavy atom. The number of aromatic nitrogens is 1. The SMILES string of the molecule is Cc1csc(N2CCCN(C(=O)CCC(=O)N(CCC#N)c3ccccc3)CC2)n1. The van der Waals surface area contributed by atoms with Crippen LogP contribution >= 0.6 is 11.3 Å². The third-order valence-electron chi connectivity index (χ3n) is 5.09. The van der Waals surface area contributed by atoms with Gasteiger partial charge in [-0.2, -0.15) is 5.26 Å². The smallest absolute Gasteiger partial charge is 0.227 e. The van der Waals surface area contributed by atoms with Gasteiger partial charge in [0, 0.05) is 56.6 Å². The summed E-state index contributed by atoms with van der Waals surface area (Å²) in [5, 5.41) is 12.0. The minimum atomic E-state index is -0.125. The summed E-state index contributed by atoms with van der Waals surface area (Å²) in [5.41, 5.74) is 1.78. The maximum absolute atomic E-state index is 12.8. The predicted octanol–water partition coefficient (Wildman–Crippen LogP) is 3.22. The molecule has 0 spiro atoms. The highest BCUT2D eigenvalue weighted by molar-refractivity contribution is 7.13. The lowest BCUT2D eigenvalue weighted by Gasteiger charge is -2.24. The van der Waals surface area contributed by atoms with Crippen LogP contribution in [0.2, 0.25) is 0 Å². The van der Waals surface area contributed by atoms with E-state index in [1.54, 1.807) is 16.2 Å². The molecule has 2 aromatic rings. The number of para-hydroxylation sites is 1. The molecule has 0 bridgehead atoms. The van der Waals surface area contributed by atoms with Crippen LogP contribution in [0.4, 0.5) is 10.8 Å². The van der Waals surface area contributed by atoms with E-state index in [1.165, 1.54) is 0 Å². The zero-order valence-corrected chi connectivity index (χ0v) is 18.1. The molecule has 0 aliphatic carbocycles. The van der Waals surface area contributed by atoms with Crippen LogP contribution in [-0.4, -0.2) is 54.4 Å². The van der Waals surface area contributed by atoms with Crippen molar-refractivity contribution in [2.45, 2.75) is 32.6 Å². The second-order valence-corrected chi connectivity index (χ2v) is 8.12. The number of nitriles is 1. The van der Waals surface area contributed by atoms with Gasteiger partial charge in [0.05, 0.1) is 18.2 Å². The van der Waals surface area contributed by atoms with Crippen LogP contribution in [0.1, 0.15) is 31.4 Å². The number of carbonyl (C=O) groups is 2. The van der Waals surface area contributed by atoms with Crippen LogP contribution < -0.4 is 9.80 Å². The number of nitrogens with zero attached hydrogens (tertiary/aromatic N) is 5. The van der Waals surface area contributed by atoms with Gasteiger partial charge in [0.25, 0.3) is 0 Å². The van der Waals surface area contributed by atoms with Crippen molar-refractivity contribution in [3.8, 4) is 6.07 Å². The number of hydrogen-bond donors (Lipinski definition) is 0. The molecule has 7 nitrogen and oxygen atoms in total. The van der Waals surface area contributed by atoms with E-state index in [2.05, 4.69) is 16.0 Å². The Balaban J connectivity index is 1.53. The van der Waals surface area contributed by atoms with E-state index in [0.717, 1.165) is 36.0 Å². The number of aryl methyl sites for hydroxylation is 1. The summed E-state index contributed by atoms with van der Waals surface area (Å²) in [4.78, 5) is 35.8. The molecule has 0 saturated carbocycles. The van der Waals surface area contributed by atoms with Crippen LogP contribution in [0.5, 0.6) is 0 Å². The van der Waals surface area contributed by atoms with Crippen LogP contribution in [0.3, 0.4) is 0 Å². The monoisotopic (exact) mass is 425 g/mol. The molecule has 1 aromatic carbocycles. The van der Waals surface area contributed by atoms with E-state index in [-0.39, 0.29) is 31.1 Å². The van der Waals surface area contributed by atoms with Crippen LogP contribution in [-0.2, 0) is 9.59 Å². The molecule has 0 unspecified atom stereocenters. The molecule has 0 N–H and O–H groups in total. The van der Waals surface area contributed by atoms with Gasteiger partial charge in [-0.25, -0.2) is 4.98 Å². The van der Waals surface area contributed by atoms with Gasteiger partial charge in [-0.15, -0.1) is 11.3 Å². The number of hydrogen-bond acceptors (Lipinski definition) is 6. The highest BCUT2D eigenvalue weighted by Gasteiger charge is 2.22. The first-order valence-electron chi connectivity index (χ1n) is 10.3. The summed E-state index contributed by atoms with van der Waals surface area (Å²) in [6, 6.07) is 11.4. The van der Waals surface area contributed by atoms with Gasteiger partial charge in [0.1, 0.15) is 0 Å². The van der Waals surface area contributed by atoms with Gasteiger partial charge in [-0.05, 0) is 25.5 Å². The summed E-state index contributed by atoms with van der Waals surface area (Å²) in [5.74, 6) is -0.117. The summed E-state index contributed by atoms with van der Waals surface area (Å²) in [7, 11) is 0. The van der Waals surface area contributed by atoms with Crippen molar-refractivity contribution in [2.24, 2.45) is 0 Å². The number of rotatable bonds is 7. The Hall–Kier alpha value is -2.92. The Morgan fingerprint density at radius 2 is 1.97 bits per heavy atom. The van der Waals surface area contributed by atoms with Crippen molar-refractivity contribution in [3.05, 3.63) is 41.4 Å². The maximum atomic E-state index is 12.8. The molecule has 1 aliphatic heterocycles. The molecule has 8 heteroatoms. The molecular weight excluding hydrogens is 398 g/mol. The molecule has 158 valence electrons. The van der Waals surface area contributed by atoms with Gasteiger partial charge < -0.3 is 14.7 Å². The first kappa shape index (κ1) is 21.8. The van der Waals surface area contributed by atoms with Crippen molar-refractivity contribution in [2.75, 3.05) is 42.5 Å². The summed E-state index contributed by atoms with van der Waals surface area (Å²) >= 11 is 1.63. The quantitative estimate of drug-likeness (QED) is 0.680. The number of amides is 2. The first-order valence-corrected chi connectivity index (χ1v) is 11.1. The van der Waals surface area contributed by atoms with Crippen LogP contribution in [0.25, 0.3) is 0 Å². The maximum Gasteiger partial charge on any atom is 0.227 e. The third kappa shape index (κ3) is 5.80. The zero-order valence-electron chi connectivity index (χ0n) is 17.3. The molecule has 2 heterocycles. The molecule has 1 saturated heterocycles. The number of anilines is 2. The van der Waals surface area contributed by atoms with Crippen molar-refractivity contribution >= 4 is 34.0 Å². The van der Waals surface area contributed by atoms with E-state index in [1.807, 2.05) is 47.5 Å². The third-order valence-corrected chi connectivity index (χ3v) is 6.11. The van der Waals surface area contributed by atoms with Gasteiger partial charge in [-0.3, -0.25) is 9.59 Å². The van der Waals surface area contributed by atoms with Crippen LogP contribution in [0.15, 0.2) is 35.7 Å². The molecule has 1 aliphatic rings. The molecule has 30 heavy (non-hydrogen) atoms. The van der Waals surface area contributed by atoms with E-state index in [4.69, 9.17) is 5.26 Å². The summed E-state index contributed by atoms with van der Waals surface area (Å²) in [6.45, 7) is 5.29. The van der Waals surface area contributed by atoms with Crippen LogP contribution in [0, 0.1) is 18.3 Å². The van der Waals surface area contributed by atoms with Crippen molar-refractivity contribution < 1.29 is 9.59 Å². The van der Waals surface area contributed by atoms with Crippen molar-refractivity contribution in [3.63, 3.8) is 0 Å². The highest BCUT2D eigenvalue weighted by atomic mass is 32.1. The fraction of sp³-hybridized carbons (Fsp3) is 0.455. The number of thiazole rings is 1. The number of carbonyl (C=O) groups excluding carboxylic acids is 2. The van der Waals surface area contributed by atoms with Gasteiger partial charge in [0.15, 0.2) is 5.13 Å². The molecule has 0 radical (unpaired) electrons. The van der Waals surface area contributed by atoms with E-state index in [0.29, 0.717) is 19.6 Å². The Kier molecular flexibility index (Phi) is 7.80. The lowest BCUT2D eigenvalue weighted by Crippen LogP contribution is -2.37. The average Bonchev–Trinajstić information content (AvgIpc) is 3.04. The standard InChI is InChI=1S/C22H27N5O2S/c1-18-17-30-22(24-18)26-13-6-12-25(15-16-26)20(28)9-10-21(29)27(14-5-11-23)19-7-3-2-4-8-19/h2-4,7-8,17H,5-6,9-10,12-16H2,1H3. The molecule has 1 aromatic heterocycles. The second-order valence-electron chi connectivity index (χ2n) is 7.28. The highest BCUT2D eigenvalue weighted by Crippen LogP contribution is 2.22. The molecule has 3 rings (SSSR count). The fourth-order valence-corrected chi connectivity index (χ4v) is 4.38. The number of benzene rings is 1. The lowest BCUT2D eigenvalue weighted by atomic mass is 10.2. The molecular formula is C22H27N5O2S. The van der Waals surface area contributed by atoms with Gasteiger partial charge >= 0.3 is 0 Å². The van der Waals surface area contributed by atoms with E-state index < -0.39 is 0 Å². The summed E-state index contributed by atoms with van der Waals surface area (Å²) < 4.78 is 0. The normalized spacial score (nSPS) is 14.1. The molecule has 2 amide bonds. The Labute approximate surface area is 181 Å². The Bertz CT molecular complexity index is 892. The fourth-order valence-electron chi connectivity index (χ4n) is 3.52. The topological polar surface area (TPSA) is 80.5 Å². The first-order chi connectivity index (χ1) is 14.6. The Morgan fingerprint density at radius 1 is 1.17 bits per heavy atom. The predicted molar refractivity (Wildman–Crippen MR) is 119 cm³/mol. The summed E-state index contributed by atoms with van der Waals surface area (Å²) in [6.07, 6.45) is 1.47. The van der Waals surface area contributed by atoms with Crippen molar-refractivity contribution in [1.29, 1.82) is 5.26 Å². The second kappa shape index (κ2) is 10.7. The molecule has 1 fully saturated rings. The largest absolute Gasteiger partial charge is 0.346 e. The zero-order chi connectivity index (χ0) is 21.3. The lowest BCUT2D eigenvalue weighted by molar-refractivity contribution is -0.133. The van der Waals surface area contributed by atoms with E-state index in [9.17, 15) is 9.59 Å². The molecule has 0 atom stereocenters. The van der Waals surface area contributed by atoms with Gasteiger partial charge in [0.2, 0.25) is 11.8 Å². The van der Waals surface area contributed by atoms with E-state index >= 15 is 0 Å². The van der Waals surface area contributed by atoms with Crippen molar-refractivity contribution in [1.82, 2.24) is 9.88 Å². The average molecular weight is 426 g/mol.